The molecule has 118 valence electrons. The van der Waals surface area contributed by atoms with Gasteiger partial charge >= 0.3 is 0 Å². The van der Waals surface area contributed by atoms with Gasteiger partial charge in [-0.1, -0.05) is 25.6 Å². The number of ether oxygens (including phenoxy) is 1. The van der Waals surface area contributed by atoms with Gasteiger partial charge in [0.15, 0.2) is 0 Å². The Morgan fingerprint density at radius 2 is 2.23 bits per heavy atom. The van der Waals surface area contributed by atoms with Gasteiger partial charge in [0.2, 0.25) is 5.91 Å². The monoisotopic (exact) mass is 319 g/mol. The van der Waals surface area contributed by atoms with E-state index >= 15 is 0 Å². The first-order valence-corrected chi connectivity index (χ1v) is 8.41. The number of aliphatic imine (C=N–C) groups is 1. The predicted molar refractivity (Wildman–Crippen MR) is 87.1 cm³/mol. The second-order valence-corrected chi connectivity index (χ2v) is 7.35. The van der Waals surface area contributed by atoms with Crippen LogP contribution in [-0.4, -0.2) is 29.1 Å². The molecule has 2 aliphatic heterocycles. The van der Waals surface area contributed by atoms with Crippen molar-refractivity contribution in [1.82, 2.24) is 10.3 Å². The van der Waals surface area contributed by atoms with Crippen molar-refractivity contribution >= 4 is 23.5 Å². The van der Waals surface area contributed by atoms with Crippen LogP contribution in [0.25, 0.3) is 0 Å². The lowest BCUT2D eigenvalue weighted by Gasteiger charge is -2.25. The Morgan fingerprint density at radius 1 is 1.45 bits per heavy atom. The molecule has 0 bridgehead atoms. The highest BCUT2D eigenvalue weighted by atomic mass is 32.2. The highest BCUT2D eigenvalue weighted by Crippen LogP contribution is 2.48. The summed E-state index contributed by atoms with van der Waals surface area (Å²) in [5, 5.41) is 3.66. The number of aryl methyl sites for hydroxylation is 1. The summed E-state index contributed by atoms with van der Waals surface area (Å²) in [7, 11) is 1.68. The molecule has 0 aromatic carbocycles. The van der Waals surface area contributed by atoms with Gasteiger partial charge in [-0.2, -0.15) is 0 Å². The number of thioether (sulfide) groups is 1. The van der Waals surface area contributed by atoms with Crippen molar-refractivity contribution in [1.29, 1.82) is 0 Å². The quantitative estimate of drug-likeness (QED) is 0.926. The lowest BCUT2D eigenvalue weighted by molar-refractivity contribution is -0.119. The van der Waals surface area contributed by atoms with Gasteiger partial charge in [-0.15, -0.1) is 0 Å². The van der Waals surface area contributed by atoms with E-state index in [4.69, 9.17) is 9.73 Å². The molecule has 0 saturated carbocycles. The molecule has 0 radical (unpaired) electrons. The van der Waals surface area contributed by atoms with Crippen LogP contribution in [0, 0.1) is 12.8 Å². The molecular weight excluding hydrogens is 298 g/mol. The molecule has 0 aliphatic carbocycles. The van der Waals surface area contributed by atoms with Crippen molar-refractivity contribution in [2.75, 3.05) is 7.11 Å². The Bertz CT molecular complexity index is 643. The van der Waals surface area contributed by atoms with Crippen molar-refractivity contribution in [3.8, 4) is 0 Å². The number of carbonyl (C=O) groups excluding carboxylic acids is 1. The molecule has 5 nitrogen and oxygen atoms in total. The zero-order valence-electron chi connectivity index (χ0n) is 13.3. The van der Waals surface area contributed by atoms with Crippen LogP contribution in [-0.2, 0) is 16.1 Å². The second-order valence-electron chi connectivity index (χ2n) is 6.22. The number of hydrogen-bond donors (Lipinski definition) is 1. The van der Waals surface area contributed by atoms with Gasteiger partial charge in [-0.3, -0.25) is 9.79 Å². The number of rotatable bonds is 4. The van der Waals surface area contributed by atoms with E-state index in [9.17, 15) is 4.79 Å². The summed E-state index contributed by atoms with van der Waals surface area (Å²) in [6.45, 7) is 6.74. The van der Waals surface area contributed by atoms with Gasteiger partial charge in [0.1, 0.15) is 22.2 Å². The molecule has 3 rings (SSSR count). The fourth-order valence-electron chi connectivity index (χ4n) is 2.97. The zero-order chi connectivity index (χ0) is 15.9. The maximum absolute atomic E-state index is 12.4. The molecular formula is C16H21N3O2S. The number of aromatic nitrogens is 1. The zero-order valence-corrected chi connectivity index (χ0v) is 14.2. The fraction of sp³-hybridized carbons (Fsp3) is 0.562. The minimum absolute atomic E-state index is 0.0414. The molecule has 0 unspecified atom stereocenters. The molecule has 2 atom stereocenters. The van der Waals surface area contributed by atoms with Gasteiger partial charge in [0.25, 0.3) is 0 Å². The molecule has 0 spiro atoms. The predicted octanol–water partition coefficient (Wildman–Crippen LogP) is 2.63. The molecule has 3 heterocycles. The Balaban J connectivity index is 2.04. The lowest BCUT2D eigenvalue weighted by Crippen LogP contribution is -2.43. The fourth-order valence-corrected chi connectivity index (χ4v) is 4.28. The number of hydrogen-bond acceptors (Lipinski definition) is 5. The van der Waals surface area contributed by atoms with E-state index in [0.717, 1.165) is 34.1 Å². The summed E-state index contributed by atoms with van der Waals surface area (Å²) in [6, 6.07) is 1.90. The Hall–Kier alpha value is -1.40. The molecule has 1 aromatic heterocycles. The Labute approximate surface area is 134 Å². The Morgan fingerprint density at radius 3 is 2.91 bits per heavy atom. The third kappa shape index (κ3) is 2.77. The van der Waals surface area contributed by atoms with E-state index in [1.165, 1.54) is 11.8 Å². The van der Waals surface area contributed by atoms with Crippen molar-refractivity contribution in [2.24, 2.45) is 10.9 Å². The molecule has 1 amide bonds. The molecule has 6 heteroatoms. The summed E-state index contributed by atoms with van der Waals surface area (Å²) < 4.78 is 5.32. The topological polar surface area (TPSA) is 63.6 Å². The van der Waals surface area contributed by atoms with E-state index in [1.807, 2.05) is 13.0 Å². The van der Waals surface area contributed by atoms with Crippen molar-refractivity contribution in [3.05, 3.63) is 22.9 Å². The van der Waals surface area contributed by atoms with Gasteiger partial charge in [-0.05, 0) is 24.5 Å². The van der Waals surface area contributed by atoms with Crippen LogP contribution in [0.1, 0.15) is 43.1 Å². The smallest absolute Gasteiger partial charge is 0.241 e. The Kier molecular flexibility index (Phi) is 4.23. The SMILES string of the molecule is COCc1cc(C)nc2c1[C@H]1N=C(CC(C)C)NC(=O)[C@@H]1S2. The van der Waals surface area contributed by atoms with E-state index in [-0.39, 0.29) is 17.2 Å². The first kappa shape index (κ1) is 15.5. The number of carbonyl (C=O) groups is 1. The number of methoxy groups -OCH3 is 1. The van der Waals surface area contributed by atoms with Crippen LogP contribution in [0.5, 0.6) is 0 Å². The summed E-state index contributed by atoms with van der Waals surface area (Å²) >= 11 is 1.52. The number of nitrogens with one attached hydrogen (secondary N) is 1. The number of fused-ring (bicyclic) bond motifs is 3. The van der Waals surface area contributed by atoms with Crippen molar-refractivity contribution in [2.45, 2.75) is 50.1 Å². The van der Waals surface area contributed by atoms with Gasteiger partial charge in [0, 0.05) is 24.8 Å². The molecule has 1 N–H and O–H groups in total. The van der Waals surface area contributed by atoms with Crippen molar-refractivity contribution in [3.63, 3.8) is 0 Å². The van der Waals surface area contributed by atoms with E-state index in [1.54, 1.807) is 7.11 Å². The second kappa shape index (κ2) is 6.01. The highest BCUT2D eigenvalue weighted by molar-refractivity contribution is 8.01. The van der Waals surface area contributed by atoms with E-state index < -0.39 is 0 Å². The molecule has 22 heavy (non-hydrogen) atoms. The van der Waals surface area contributed by atoms with Gasteiger partial charge < -0.3 is 10.1 Å². The number of amides is 1. The normalized spacial score (nSPS) is 23.1. The third-order valence-electron chi connectivity index (χ3n) is 3.78. The first-order chi connectivity index (χ1) is 10.5. The van der Waals surface area contributed by atoms with Gasteiger partial charge in [0.05, 0.1) is 6.61 Å². The lowest BCUT2D eigenvalue weighted by atomic mass is 9.98. The molecule has 0 saturated heterocycles. The summed E-state index contributed by atoms with van der Waals surface area (Å²) in [5.74, 6) is 1.29. The van der Waals surface area contributed by atoms with Crippen LogP contribution >= 0.6 is 11.8 Å². The van der Waals surface area contributed by atoms with Crippen LogP contribution in [0.15, 0.2) is 16.1 Å². The minimum atomic E-state index is -0.212. The maximum atomic E-state index is 12.4. The highest BCUT2D eigenvalue weighted by Gasteiger charge is 2.43. The molecule has 0 fully saturated rings. The number of pyridine rings is 1. The van der Waals surface area contributed by atoms with Crippen molar-refractivity contribution < 1.29 is 9.53 Å². The summed E-state index contributed by atoms with van der Waals surface area (Å²) in [4.78, 5) is 21.8. The van der Waals surface area contributed by atoms with Crippen LogP contribution in [0.3, 0.4) is 0 Å². The largest absolute Gasteiger partial charge is 0.380 e. The molecule has 2 aliphatic rings. The summed E-state index contributed by atoms with van der Waals surface area (Å²) in [5.41, 5.74) is 3.11. The minimum Gasteiger partial charge on any atom is -0.380 e. The average molecular weight is 319 g/mol. The first-order valence-electron chi connectivity index (χ1n) is 7.53. The van der Waals surface area contributed by atoms with Crippen LogP contribution in [0.2, 0.25) is 0 Å². The van der Waals surface area contributed by atoms with E-state index in [2.05, 4.69) is 24.1 Å². The third-order valence-corrected chi connectivity index (χ3v) is 5.04. The standard InChI is InChI=1S/C16H21N3O2S/c1-8(2)5-11-18-13-12-10(7-21-4)6-9(3)17-16(12)22-14(13)15(20)19-11/h6,8,13-14H,5,7H2,1-4H3,(H,18,19,20)/t13-,14-/m1/s1. The molecule has 1 aromatic rings. The van der Waals surface area contributed by atoms with Crippen LogP contribution in [0.4, 0.5) is 0 Å². The maximum Gasteiger partial charge on any atom is 0.241 e. The van der Waals surface area contributed by atoms with Crippen LogP contribution < -0.4 is 5.32 Å². The average Bonchev–Trinajstić information content (AvgIpc) is 2.77. The summed E-state index contributed by atoms with van der Waals surface area (Å²) in [6.07, 6.45) is 0.786. The van der Waals surface area contributed by atoms with E-state index in [0.29, 0.717) is 12.5 Å². The van der Waals surface area contributed by atoms with Gasteiger partial charge in [-0.25, -0.2) is 4.98 Å². The number of nitrogens with zero attached hydrogens (tertiary/aromatic N) is 2. The number of amidine groups is 1.